The number of rotatable bonds is 4. The largest absolute Gasteiger partial charge is 0.494 e. The smallest absolute Gasteiger partial charge is 0.422 e. The fourth-order valence-electron chi connectivity index (χ4n) is 1.39. The molecule has 1 rings (SSSR count). The average molecular weight is 249 g/mol. The number of aliphatic hydroxyl groups is 1. The van der Waals surface area contributed by atoms with Crippen molar-refractivity contribution in [3.63, 3.8) is 0 Å². The molecule has 1 atom stereocenters. The predicted octanol–water partition coefficient (Wildman–Crippen LogP) is 1.79. The molecule has 0 radical (unpaired) electrons. The Morgan fingerprint density at radius 2 is 1.76 bits per heavy atom. The molecule has 0 spiro atoms. The van der Waals surface area contributed by atoms with Gasteiger partial charge in [0.25, 0.3) is 0 Å². The predicted molar refractivity (Wildman–Crippen MR) is 56.6 cm³/mol. The van der Waals surface area contributed by atoms with E-state index in [1.807, 2.05) is 0 Å². The second kappa shape index (κ2) is 4.93. The Labute approximate surface area is 97.0 Å². The number of halogens is 3. The highest BCUT2D eigenvalue weighted by Gasteiger charge is 2.54. The van der Waals surface area contributed by atoms with Crippen molar-refractivity contribution in [2.45, 2.75) is 18.7 Å². The van der Waals surface area contributed by atoms with E-state index in [4.69, 9.17) is 10.5 Å². The molecule has 0 aromatic heterocycles. The van der Waals surface area contributed by atoms with Crippen LogP contribution in [-0.2, 0) is 5.60 Å². The van der Waals surface area contributed by atoms with Gasteiger partial charge in [0, 0.05) is 6.54 Å². The summed E-state index contributed by atoms with van der Waals surface area (Å²) in [5.74, 6) is 0.442. The Hall–Kier alpha value is -1.27. The first-order chi connectivity index (χ1) is 7.85. The molecule has 6 heteroatoms. The Morgan fingerprint density at radius 3 is 2.12 bits per heavy atom. The third-order valence-electron chi connectivity index (χ3n) is 2.41. The van der Waals surface area contributed by atoms with Crippen LogP contribution in [0.1, 0.15) is 12.5 Å². The van der Waals surface area contributed by atoms with Crippen LogP contribution in [0, 0.1) is 0 Å². The second-order valence-electron chi connectivity index (χ2n) is 3.52. The number of hydrogen-bond donors (Lipinski definition) is 2. The molecule has 17 heavy (non-hydrogen) atoms. The fraction of sp³-hybridized carbons (Fsp3) is 0.455. The molecular weight excluding hydrogens is 235 g/mol. The van der Waals surface area contributed by atoms with Gasteiger partial charge in [0.15, 0.2) is 5.60 Å². The van der Waals surface area contributed by atoms with Crippen molar-refractivity contribution in [1.29, 1.82) is 0 Å². The van der Waals surface area contributed by atoms with E-state index in [9.17, 15) is 18.3 Å². The van der Waals surface area contributed by atoms with Gasteiger partial charge in [0.2, 0.25) is 0 Å². The highest BCUT2D eigenvalue weighted by molar-refractivity contribution is 5.32. The van der Waals surface area contributed by atoms with Gasteiger partial charge in [-0.1, -0.05) is 12.1 Å². The van der Waals surface area contributed by atoms with Crippen LogP contribution in [0.15, 0.2) is 24.3 Å². The van der Waals surface area contributed by atoms with E-state index in [0.29, 0.717) is 12.4 Å². The van der Waals surface area contributed by atoms with Gasteiger partial charge in [-0.05, 0) is 24.6 Å². The van der Waals surface area contributed by atoms with Crippen LogP contribution in [0.3, 0.4) is 0 Å². The third kappa shape index (κ3) is 2.70. The number of nitrogens with two attached hydrogens (primary N) is 1. The minimum absolute atomic E-state index is 0.295. The number of alkyl halides is 3. The quantitative estimate of drug-likeness (QED) is 0.855. The van der Waals surface area contributed by atoms with Crippen LogP contribution in [-0.4, -0.2) is 24.4 Å². The molecule has 1 aromatic rings. The molecule has 3 N–H and O–H groups in total. The van der Waals surface area contributed by atoms with Crippen molar-refractivity contribution in [3.8, 4) is 5.75 Å². The van der Waals surface area contributed by atoms with Gasteiger partial charge in [-0.25, -0.2) is 0 Å². The standard InChI is InChI=1S/C11H14F3NO2/c1-2-17-9-5-3-8(4-6-9)10(16,7-15)11(12,13)14/h3-6,16H,2,7,15H2,1H3. The molecule has 0 heterocycles. The monoisotopic (exact) mass is 249 g/mol. The zero-order valence-electron chi connectivity index (χ0n) is 9.29. The molecule has 0 saturated heterocycles. The molecule has 0 fully saturated rings. The Bertz CT molecular complexity index is 364. The molecule has 0 aliphatic rings. The van der Waals surface area contributed by atoms with E-state index in [2.05, 4.69) is 0 Å². The van der Waals surface area contributed by atoms with Crippen LogP contribution >= 0.6 is 0 Å². The zero-order valence-corrected chi connectivity index (χ0v) is 9.29. The second-order valence-corrected chi connectivity index (χ2v) is 3.52. The van der Waals surface area contributed by atoms with Crippen molar-refractivity contribution in [2.75, 3.05) is 13.2 Å². The van der Waals surface area contributed by atoms with Crippen LogP contribution in [0.25, 0.3) is 0 Å². The van der Waals surface area contributed by atoms with Crippen molar-refractivity contribution in [2.24, 2.45) is 5.73 Å². The molecule has 96 valence electrons. The first kappa shape index (κ1) is 13.8. The summed E-state index contributed by atoms with van der Waals surface area (Å²) in [4.78, 5) is 0. The SMILES string of the molecule is CCOc1ccc(C(O)(CN)C(F)(F)F)cc1. The third-order valence-corrected chi connectivity index (χ3v) is 2.41. The number of ether oxygens (including phenoxy) is 1. The van der Waals surface area contributed by atoms with Crippen LogP contribution in [0.2, 0.25) is 0 Å². The molecular formula is C11H14F3NO2. The van der Waals surface area contributed by atoms with Gasteiger partial charge < -0.3 is 15.6 Å². The van der Waals surface area contributed by atoms with Gasteiger partial charge in [0.05, 0.1) is 6.61 Å². The van der Waals surface area contributed by atoms with Crippen molar-refractivity contribution in [3.05, 3.63) is 29.8 Å². The summed E-state index contributed by atoms with van der Waals surface area (Å²) in [6.45, 7) is 1.25. The van der Waals surface area contributed by atoms with Crippen LogP contribution < -0.4 is 10.5 Å². The molecule has 3 nitrogen and oxygen atoms in total. The van der Waals surface area contributed by atoms with E-state index in [-0.39, 0.29) is 5.56 Å². The van der Waals surface area contributed by atoms with Gasteiger partial charge in [-0.15, -0.1) is 0 Å². The van der Waals surface area contributed by atoms with Crippen molar-refractivity contribution < 1.29 is 23.0 Å². The zero-order chi connectivity index (χ0) is 13.1. The molecule has 0 aliphatic carbocycles. The van der Waals surface area contributed by atoms with Crippen LogP contribution in [0.4, 0.5) is 13.2 Å². The maximum absolute atomic E-state index is 12.7. The molecule has 0 bridgehead atoms. The Morgan fingerprint density at radius 1 is 1.24 bits per heavy atom. The highest BCUT2D eigenvalue weighted by atomic mass is 19.4. The van der Waals surface area contributed by atoms with Crippen molar-refractivity contribution in [1.82, 2.24) is 0 Å². The Balaban J connectivity index is 3.05. The molecule has 0 amide bonds. The fourth-order valence-corrected chi connectivity index (χ4v) is 1.39. The first-order valence-electron chi connectivity index (χ1n) is 5.07. The lowest BCUT2D eigenvalue weighted by Crippen LogP contribution is -2.48. The van der Waals surface area contributed by atoms with Gasteiger partial charge in [0.1, 0.15) is 5.75 Å². The lowest BCUT2D eigenvalue weighted by molar-refractivity contribution is -0.262. The van der Waals surface area contributed by atoms with E-state index in [0.717, 1.165) is 12.1 Å². The summed E-state index contributed by atoms with van der Waals surface area (Å²) in [6.07, 6.45) is -4.81. The number of benzene rings is 1. The summed E-state index contributed by atoms with van der Waals surface area (Å²) >= 11 is 0. The van der Waals surface area contributed by atoms with Crippen molar-refractivity contribution >= 4 is 0 Å². The molecule has 1 unspecified atom stereocenters. The lowest BCUT2D eigenvalue weighted by atomic mass is 9.93. The molecule has 1 aromatic carbocycles. The van der Waals surface area contributed by atoms with E-state index >= 15 is 0 Å². The Kier molecular flexibility index (Phi) is 4.00. The lowest BCUT2D eigenvalue weighted by Gasteiger charge is -2.29. The topological polar surface area (TPSA) is 55.5 Å². The minimum Gasteiger partial charge on any atom is -0.494 e. The summed E-state index contributed by atoms with van der Waals surface area (Å²) in [5.41, 5.74) is 1.71. The summed E-state index contributed by atoms with van der Waals surface area (Å²) < 4.78 is 43.1. The summed E-state index contributed by atoms with van der Waals surface area (Å²) in [6, 6.07) is 5.05. The van der Waals surface area contributed by atoms with Crippen LogP contribution in [0.5, 0.6) is 5.75 Å². The summed E-state index contributed by atoms with van der Waals surface area (Å²) in [5, 5.41) is 9.56. The van der Waals surface area contributed by atoms with Gasteiger partial charge in [-0.3, -0.25) is 0 Å². The maximum atomic E-state index is 12.7. The van der Waals surface area contributed by atoms with E-state index in [1.165, 1.54) is 12.1 Å². The average Bonchev–Trinajstić information content (AvgIpc) is 2.28. The first-order valence-corrected chi connectivity index (χ1v) is 5.07. The maximum Gasteiger partial charge on any atom is 0.422 e. The van der Waals surface area contributed by atoms with E-state index in [1.54, 1.807) is 6.92 Å². The minimum atomic E-state index is -4.81. The molecule has 0 aliphatic heterocycles. The highest BCUT2D eigenvalue weighted by Crippen LogP contribution is 2.38. The summed E-state index contributed by atoms with van der Waals surface area (Å²) in [7, 11) is 0. The molecule has 0 saturated carbocycles. The number of hydrogen-bond acceptors (Lipinski definition) is 3. The normalized spacial score (nSPS) is 15.4. The van der Waals surface area contributed by atoms with Gasteiger partial charge in [-0.2, -0.15) is 13.2 Å². The van der Waals surface area contributed by atoms with E-state index < -0.39 is 18.3 Å². The van der Waals surface area contributed by atoms with Gasteiger partial charge >= 0.3 is 6.18 Å².